The molecule has 2 aromatic heterocycles. The van der Waals surface area contributed by atoms with Crippen LogP contribution in [-0.4, -0.2) is 85.5 Å². The maximum Gasteiger partial charge on any atom is 0.328 e. The van der Waals surface area contributed by atoms with Crippen LogP contribution in [0.2, 0.25) is 0 Å². The first kappa shape index (κ1) is 33.8. The number of thiazole rings is 1. The van der Waals surface area contributed by atoms with Crippen LogP contribution in [0.25, 0.3) is 10.3 Å². The molecule has 1 fully saturated rings. The normalized spacial score (nSPS) is 18.1. The second-order valence-corrected chi connectivity index (χ2v) is 16.2. The van der Waals surface area contributed by atoms with Gasteiger partial charge in [0.25, 0.3) is 0 Å². The number of amides is 2. The number of hydrogen-bond acceptors (Lipinski definition) is 10. The number of rotatable bonds is 9. The zero-order valence-electron chi connectivity index (χ0n) is 27.7. The second-order valence-electron chi connectivity index (χ2n) is 13.3. The number of pyridine rings is 1. The number of sulfonamides is 1. The molecule has 1 N–H and O–H groups in total. The molecule has 2 aliphatic heterocycles. The van der Waals surface area contributed by atoms with Gasteiger partial charge in [-0.2, -0.15) is 4.31 Å². The lowest BCUT2D eigenvalue weighted by Gasteiger charge is -2.26. The highest BCUT2D eigenvalue weighted by atomic mass is 32.2. The average molecular weight is 693 g/mol. The van der Waals surface area contributed by atoms with Gasteiger partial charge in [0, 0.05) is 43.3 Å². The number of carbonyl (C=O) groups excluding carboxylic acids is 2. The van der Waals surface area contributed by atoms with Crippen LogP contribution in [0.3, 0.4) is 0 Å². The Morgan fingerprint density at radius 1 is 1.06 bits per heavy atom. The van der Waals surface area contributed by atoms with Crippen LogP contribution in [0.4, 0.5) is 15.6 Å². The zero-order valence-corrected chi connectivity index (χ0v) is 29.4. The van der Waals surface area contributed by atoms with Crippen molar-refractivity contribution in [1.82, 2.24) is 19.2 Å². The van der Waals surface area contributed by atoms with Gasteiger partial charge in [0.05, 0.1) is 18.4 Å². The summed E-state index contributed by atoms with van der Waals surface area (Å²) in [5.41, 5.74) is 1.78. The Hall–Kier alpha value is -4.11. The number of likely N-dealkylation sites (tertiary alicyclic amines) is 1. The largest absolute Gasteiger partial charge is 0.481 e. The fourth-order valence-corrected chi connectivity index (χ4v) is 8.65. The van der Waals surface area contributed by atoms with Crippen molar-refractivity contribution in [3.8, 4) is 5.88 Å². The highest BCUT2D eigenvalue weighted by Gasteiger charge is 2.49. The van der Waals surface area contributed by atoms with Crippen LogP contribution in [0.1, 0.15) is 44.7 Å². The number of benzene rings is 2. The predicted molar refractivity (Wildman–Crippen MR) is 185 cm³/mol. The number of nitrogens with one attached hydrogen (secondary N) is 1. The minimum Gasteiger partial charge on any atom is -0.481 e. The molecule has 48 heavy (non-hydrogen) atoms. The first-order chi connectivity index (χ1) is 22.8. The Kier molecular flexibility index (Phi) is 9.20. The first-order valence-corrected chi connectivity index (χ1v) is 18.0. The van der Waals surface area contributed by atoms with Crippen molar-refractivity contribution in [2.24, 2.45) is 0 Å². The van der Waals surface area contributed by atoms with Crippen molar-refractivity contribution in [1.29, 1.82) is 0 Å². The molecule has 0 radical (unpaired) electrons. The van der Waals surface area contributed by atoms with Gasteiger partial charge in [0.2, 0.25) is 15.9 Å². The van der Waals surface area contributed by atoms with Crippen molar-refractivity contribution in [3.05, 3.63) is 71.8 Å². The molecule has 0 bridgehead atoms. The van der Waals surface area contributed by atoms with Gasteiger partial charge in [-0.25, -0.2) is 23.2 Å². The van der Waals surface area contributed by atoms with Crippen LogP contribution in [-0.2, 0) is 31.5 Å². The molecule has 12 nitrogen and oxygen atoms in total. The van der Waals surface area contributed by atoms with Crippen LogP contribution in [0, 0.1) is 0 Å². The van der Waals surface area contributed by atoms with Gasteiger partial charge in [-0.05, 0) is 76.2 Å². The number of anilines is 2. The quantitative estimate of drug-likeness (QED) is 0.234. The molecule has 4 heterocycles. The van der Waals surface area contributed by atoms with Crippen molar-refractivity contribution in [2.75, 3.05) is 50.6 Å². The summed E-state index contributed by atoms with van der Waals surface area (Å²) >= 11 is 1.25. The monoisotopic (exact) mass is 692 g/mol. The number of carbonyl (C=O) groups is 2. The summed E-state index contributed by atoms with van der Waals surface area (Å²) in [7, 11) is -0.491. The van der Waals surface area contributed by atoms with Crippen molar-refractivity contribution in [3.63, 3.8) is 0 Å². The van der Waals surface area contributed by atoms with Crippen LogP contribution < -0.4 is 15.0 Å². The standard InChI is InChI=1S/C34H40N6O6S2/c1-33(2,3)46-29(41)15-17-39(20-23-9-7-6-8-10-23)48(43,44)24-11-13-27-25(19-24)34(16-18-38(4)21-34)22-40(27)32(42)37-31-35-26-12-14-28(45-5)36-30(26)47-31/h6-14,19H,15-18,20-22H2,1-5H3,(H,35,37,42)/t34-/m0/s1. The highest BCUT2D eigenvalue weighted by Crippen LogP contribution is 2.47. The summed E-state index contributed by atoms with van der Waals surface area (Å²) in [5, 5.41) is 3.34. The van der Waals surface area contributed by atoms with E-state index in [1.165, 1.54) is 15.6 Å². The number of methoxy groups -OCH3 is 1. The van der Waals surface area contributed by atoms with Gasteiger partial charge in [-0.15, -0.1) is 0 Å². The summed E-state index contributed by atoms with van der Waals surface area (Å²) < 4.78 is 40.7. The minimum atomic E-state index is -4.06. The number of aromatic nitrogens is 2. The average Bonchev–Trinajstić information content (AvgIpc) is 3.72. The van der Waals surface area contributed by atoms with Gasteiger partial charge >= 0.3 is 12.0 Å². The molecule has 2 aliphatic rings. The zero-order chi connectivity index (χ0) is 34.3. The number of nitrogens with zero attached hydrogens (tertiary/aromatic N) is 5. The number of hydrogen-bond donors (Lipinski definition) is 1. The number of likely N-dealkylation sites (N-methyl/N-ethyl adjacent to an activating group) is 1. The van der Waals surface area contributed by atoms with E-state index < -0.39 is 27.0 Å². The molecule has 0 aliphatic carbocycles. The van der Waals surface area contributed by atoms with Gasteiger partial charge in [0.1, 0.15) is 15.9 Å². The third kappa shape index (κ3) is 7.02. The van der Waals surface area contributed by atoms with E-state index in [2.05, 4.69) is 20.2 Å². The van der Waals surface area contributed by atoms with E-state index in [4.69, 9.17) is 9.47 Å². The van der Waals surface area contributed by atoms with Gasteiger partial charge < -0.3 is 14.4 Å². The highest BCUT2D eigenvalue weighted by molar-refractivity contribution is 7.89. The summed E-state index contributed by atoms with van der Waals surface area (Å²) in [6.07, 6.45) is 0.673. The topological polar surface area (TPSA) is 134 Å². The van der Waals surface area contributed by atoms with E-state index in [1.54, 1.807) is 63.1 Å². The van der Waals surface area contributed by atoms with E-state index in [-0.39, 0.29) is 30.4 Å². The van der Waals surface area contributed by atoms with Crippen LogP contribution in [0.15, 0.2) is 65.6 Å². The van der Waals surface area contributed by atoms with Crippen LogP contribution >= 0.6 is 11.3 Å². The van der Waals surface area contributed by atoms with E-state index in [0.717, 1.165) is 24.1 Å². The van der Waals surface area contributed by atoms with E-state index in [0.29, 0.717) is 40.1 Å². The lowest BCUT2D eigenvalue weighted by atomic mass is 9.81. The maximum atomic E-state index is 14.3. The number of urea groups is 1. The molecule has 2 aromatic carbocycles. The molecule has 1 saturated heterocycles. The van der Waals surface area contributed by atoms with Gasteiger partial charge in [-0.3, -0.25) is 15.0 Å². The minimum absolute atomic E-state index is 0.0471. The van der Waals surface area contributed by atoms with E-state index in [1.807, 2.05) is 37.4 Å². The Balaban J connectivity index is 1.31. The van der Waals surface area contributed by atoms with Crippen molar-refractivity contribution in [2.45, 2.75) is 56.1 Å². The Labute approximate surface area is 284 Å². The molecular weight excluding hydrogens is 653 g/mol. The third-order valence-electron chi connectivity index (χ3n) is 8.56. The number of fused-ring (bicyclic) bond motifs is 3. The SMILES string of the molecule is COc1ccc2nc(NC(=O)N3C[C@@]4(CCN(C)C4)c4cc(S(=O)(=O)N(CCC(=O)OC(C)(C)C)Cc5ccccc5)ccc43)sc2n1. The lowest BCUT2D eigenvalue weighted by Crippen LogP contribution is -2.40. The fraction of sp³-hybridized carbons (Fsp3) is 0.412. The molecule has 1 spiro atoms. The van der Waals surface area contributed by atoms with Gasteiger partial charge in [-0.1, -0.05) is 41.7 Å². The smallest absolute Gasteiger partial charge is 0.328 e. The first-order valence-electron chi connectivity index (χ1n) is 15.8. The molecule has 6 rings (SSSR count). The lowest BCUT2D eigenvalue weighted by molar-refractivity contribution is -0.154. The molecular formula is C34H40N6O6S2. The summed E-state index contributed by atoms with van der Waals surface area (Å²) in [6.45, 7) is 7.26. The summed E-state index contributed by atoms with van der Waals surface area (Å²) in [6, 6.07) is 17.4. The molecule has 254 valence electrons. The molecule has 14 heteroatoms. The Morgan fingerprint density at radius 3 is 2.52 bits per heavy atom. The number of ether oxygens (including phenoxy) is 2. The molecule has 0 saturated carbocycles. The third-order valence-corrected chi connectivity index (χ3v) is 11.3. The van der Waals surface area contributed by atoms with Crippen molar-refractivity contribution < 1.29 is 27.5 Å². The fourth-order valence-electron chi connectivity index (χ4n) is 6.37. The Morgan fingerprint density at radius 2 is 1.83 bits per heavy atom. The Bertz CT molecular complexity index is 1940. The number of esters is 1. The van der Waals surface area contributed by atoms with E-state index >= 15 is 0 Å². The summed E-state index contributed by atoms with van der Waals surface area (Å²) in [4.78, 5) is 40.0. The van der Waals surface area contributed by atoms with Gasteiger partial charge in [0.15, 0.2) is 5.13 Å². The second kappa shape index (κ2) is 13.1. The predicted octanol–water partition coefficient (Wildman–Crippen LogP) is 5.25. The summed E-state index contributed by atoms with van der Waals surface area (Å²) in [5.74, 6) is -0.00918. The van der Waals surface area contributed by atoms with Crippen LogP contribution in [0.5, 0.6) is 5.88 Å². The van der Waals surface area contributed by atoms with E-state index in [9.17, 15) is 18.0 Å². The molecule has 4 aromatic rings. The molecule has 1 atom stereocenters. The molecule has 0 unspecified atom stereocenters. The maximum absolute atomic E-state index is 14.3. The molecule has 2 amide bonds. The van der Waals surface area contributed by atoms with Crippen molar-refractivity contribution >= 4 is 54.5 Å².